The third-order valence-corrected chi connectivity index (χ3v) is 3.34. The first kappa shape index (κ1) is 11.4. The van der Waals surface area contributed by atoms with Gasteiger partial charge < -0.3 is 5.32 Å². The molecule has 1 aromatic heterocycles. The van der Waals surface area contributed by atoms with Gasteiger partial charge in [0.25, 0.3) is 0 Å². The highest BCUT2D eigenvalue weighted by Crippen LogP contribution is 2.17. The highest BCUT2D eigenvalue weighted by Gasteiger charge is 2.22. The lowest BCUT2D eigenvalue weighted by Crippen LogP contribution is -2.34. The van der Waals surface area contributed by atoms with E-state index in [4.69, 9.17) is 0 Å². The molecule has 1 aliphatic heterocycles. The quantitative estimate of drug-likeness (QED) is 0.842. The number of nitrogens with zero attached hydrogens (tertiary/aromatic N) is 2. The smallest absolute Gasteiger partial charge is 0.125 e. The molecule has 1 saturated heterocycles. The van der Waals surface area contributed by atoms with Crippen LogP contribution in [0.25, 0.3) is 0 Å². The van der Waals surface area contributed by atoms with Crippen LogP contribution in [0.15, 0.2) is 18.3 Å². The van der Waals surface area contributed by atoms with Crippen molar-refractivity contribution in [1.82, 2.24) is 9.88 Å². The van der Waals surface area contributed by atoms with E-state index in [9.17, 15) is 0 Å². The number of rotatable bonds is 4. The summed E-state index contributed by atoms with van der Waals surface area (Å²) < 4.78 is 0. The Hall–Kier alpha value is -1.09. The monoisotopic (exact) mass is 219 g/mol. The summed E-state index contributed by atoms with van der Waals surface area (Å²) in [5.74, 6) is 0.994. The van der Waals surface area contributed by atoms with E-state index in [0.29, 0.717) is 6.04 Å². The van der Waals surface area contributed by atoms with Gasteiger partial charge in [-0.25, -0.2) is 4.98 Å². The molecule has 1 fully saturated rings. The zero-order valence-electron chi connectivity index (χ0n) is 10.2. The summed E-state index contributed by atoms with van der Waals surface area (Å²) in [5.41, 5.74) is 1.21. The molecular weight excluding hydrogens is 198 g/mol. The standard InChI is InChI=1S/C13H21N3/c1-3-16-8-4-5-12(16)10-15-13-7-6-11(2)9-14-13/h6-7,9,12H,3-5,8,10H2,1-2H3,(H,14,15). The van der Waals surface area contributed by atoms with E-state index in [-0.39, 0.29) is 0 Å². The number of hydrogen-bond acceptors (Lipinski definition) is 3. The van der Waals surface area contributed by atoms with E-state index in [0.717, 1.165) is 18.9 Å². The molecule has 3 heteroatoms. The predicted octanol–water partition coefficient (Wildman–Crippen LogP) is 2.29. The summed E-state index contributed by atoms with van der Waals surface area (Å²) in [4.78, 5) is 6.90. The van der Waals surface area contributed by atoms with Crippen molar-refractivity contribution in [2.24, 2.45) is 0 Å². The van der Waals surface area contributed by atoms with Crippen molar-refractivity contribution in [3.63, 3.8) is 0 Å². The lowest BCUT2D eigenvalue weighted by Gasteiger charge is -2.23. The second kappa shape index (κ2) is 5.30. The average molecular weight is 219 g/mol. The van der Waals surface area contributed by atoms with Crippen LogP contribution in [0.3, 0.4) is 0 Å². The minimum absolute atomic E-state index is 0.688. The molecule has 16 heavy (non-hydrogen) atoms. The molecule has 1 N–H and O–H groups in total. The van der Waals surface area contributed by atoms with Crippen LogP contribution in [-0.4, -0.2) is 35.6 Å². The van der Waals surface area contributed by atoms with Gasteiger partial charge in [0.05, 0.1) is 0 Å². The van der Waals surface area contributed by atoms with Gasteiger partial charge in [0.2, 0.25) is 0 Å². The van der Waals surface area contributed by atoms with Gasteiger partial charge in [-0.1, -0.05) is 13.0 Å². The van der Waals surface area contributed by atoms with Crippen LogP contribution in [0.5, 0.6) is 0 Å². The maximum Gasteiger partial charge on any atom is 0.125 e. The maximum atomic E-state index is 4.36. The van der Waals surface area contributed by atoms with Gasteiger partial charge in [0, 0.05) is 18.8 Å². The van der Waals surface area contributed by atoms with E-state index in [1.165, 1.54) is 24.9 Å². The lowest BCUT2D eigenvalue weighted by atomic mass is 10.2. The number of nitrogens with one attached hydrogen (secondary N) is 1. The summed E-state index contributed by atoms with van der Waals surface area (Å²) in [7, 11) is 0. The highest BCUT2D eigenvalue weighted by atomic mass is 15.2. The van der Waals surface area contributed by atoms with Crippen molar-refractivity contribution in [3.05, 3.63) is 23.9 Å². The number of likely N-dealkylation sites (tertiary alicyclic amines) is 1. The minimum Gasteiger partial charge on any atom is -0.369 e. The van der Waals surface area contributed by atoms with Crippen molar-refractivity contribution in [2.45, 2.75) is 32.7 Å². The van der Waals surface area contributed by atoms with Crippen LogP contribution in [0.4, 0.5) is 5.82 Å². The first-order valence-corrected chi connectivity index (χ1v) is 6.20. The molecule has 1 unspecified atom stereocenters. The van der Waals surface area contributed by atoms with Gasteiger partial charge >= 0.3 is 0 Å². The van der Waals surface area contributed by atoms with Crippen molar-refractivity contribution in [3.8, 4) is 0 Å². The first-order valence-electron chi connectivity index (χ1n) is 6.20. The number of aryl methyl sites for hydroxylation is 1. The fourth-order valence-corrected chi connectivity index (χ4v) is 2.34. The molecule has 2 rings (SSSR count). The Morgan fingerprint density at radius 3 is 3.06 bits per heavy atom. The molecule has 0 spiro atoms. The Morgan fingerprint density at radius 2 is 2.38 bits per heavy atom. The summed E-state index contributed by atoms with van der Waals surface area (Å²) in [6.45, 7) is 7.73. The summed E-state index contributed by atoms with van der Waals surface area (Å²) in [6.07, 6.45) is 4.56. The van der Waals surface area contributed by atoms with Gasteiger partial charge in [0.15, 0.2) is 0 Å². The normalized spacial score (nSPS) is 21.2. The Kier molecular flexibility index (Phi) is 3.78. The van der Waals surface area contributed by atoms with Crippen molar-refractivity contribution < 1.29 is 0 Å². The minimum atomic E-state index is 0.688. The number of pyridine rings is 1. The molecule has 0 amide bonds. The zero-order chi connectivity index (χ0) is 11.4. The van der Waals surface area contributed by atoms with Crippen LogP contribution in [-0.2, 0) is 0 Å². The fraction of sp³-hybridized carbons (Fsp3) is 0.615. The van der Waals surface area contributed by atoms with Crippen LogP contribution in [0.2, 0.25) is 0 Å². The van der Waals surface area contributed by atoms with Crippen LogP contribution >= 0.6 is 0 Å². The molecule has 0 radical (unpaired) electrons. The van der Waals surface area contributed by atoms with Gasteiger partial charge in [-0.2, -0.15) is 0 Å². The molecule has 3 nitrogen and oxygen atoms in total. The molecular formula is C13H21N3. The topological polar surface area (TPSA) is 28.2 Å². The Morgan fingerprint density at radius 1 is 1.50 bits per heavy atom. The molecule has 88 valence electrons. The van der Waals surface area contributed by atoms with E-state index < -0.39 is 0 Å². The largest absolute Gasteiger partial charge is 0.369 e. The van der Waals surface area contributed by atoms with Crippen molar-refractivity contribution in [1.29, 1.82) is 0 Å². The summed E-state index contributed by atoms with van der Waals surface area (Å²) in [6, 6.07) is 4.84. The van der Waals surface area contributed by atoms with E-state index >= 15 is 0 Å². The molecule has 1 atom stereocenters. The average Bonchev–Trinajstić information content (AvgIpc) is 2.76. The number of hydrogen-bond donors (Lipinski definition) is 1. The molecule has 1 aliphatic rings. The third-order valence-electron chi connectivity index (χ3n) is 3.34. The van der Waals surface area contributed by atoms with Crippen LogP contribution in [0.1, 0.15) is 25.3 Å². The van der Waals surface area contributed by atoms with Gasteiger partial charge in [-0.15, -0.1) is 0 Å². The Bertz CT molecular complexity index is 320. The summed E-state index contributed by atoms with van der Waals surface area (Å²) in [5, 5.41) is 3.43. The lowest BCUT2D eigenvalue weighted by molar-refractivity contribution is 0.277. The third kappa shape index (κ3) is 2.73. The maximum absolute atomic E-state index is 4.36. The number of anilines is 1. The molecule has 0 bridgehead atoms. The predicted molar refractivity (Wildman–Crippen MR) is 67.7 cm³/mol. The second-order valence-corrected chi connectivity index (χ2v) is 4.53. The fourth-order valence-electron chi connectivity index (χ4n) is 2.34. The molecule has 1 aromatic rings. The second-order valence-electron chi connectivity index (χ2n) is 4.53. The van der Waals surface area contributed by atoms with E-state index in [1.54, 1.807) is 0 Å². The molecule has 0 aliphatic carbocycles. The van der Waals surface area contributed by atoms with Crippen molar-refractivity contribution >= 4 is 5.82 Å². The van der Waals surface area contributed by atoms with Gasteiger partial charge in [-0.05, 0) is 44.5 Å². The van der Waals surface area contributed by atoms with Gasteiger partial charge in [-0.3, -0.25) is 4.90 Å². The highest BCUT2D eigenvalue weighted by molar-refractivity contribution is 5.35. The summed E-state index contributed by atoms with van der Waals surface area (Å²) >= 11 is 0. The Labute approximate surface area is 97.9 Å². The number of aromatic nitrogens is 1. The van der Waals surface area contributed by atoms with E-state index in [2.05, 4.69) is 41.2 Å². The van der Waals surface area contributed by atoms with Crippen LogP contribution < -0.4 is 5.32 Å². The van der Waals surface area contributed by atoms with E-state index in [1.807, 2.05) is 6.20 Å². The SMILES string of the molecule is CCN1CCCC1CNc1ccc(C)cn1. The van der Waals surface area contributed by atoms with Crippen molar-refractivity contribution in [2.75, 3.05) is 25.0 Å². The van der Waals surface area contributed by atoms with Crippen LogP contribution in [0, 0.1) is 6.92 Å². The molecule has 0 saturated carbocycles. The molecule has 2 heterocycles. The number of likely N-dealkylation sites (N-methyl/N-ethyl adjacent to an activating group) is 1. The Balaban J connectivity index is 1.85. The van der Waals surface area contributed by atoms with Gasteiger partial charge in [0.1, 0.15) is 5.82 Å². The zero-order valence-corrected chi connectivity index (χ0v) is 10.2. The molecule has 0 aromatic carbocycles. The first-order chi connectivity index (χ1) is 7.79.